The van der Waals surface area contributed by atoms with Gasteiger partial charge in [-0.2, -0.15) is 0 Å². The fourth-order valence-corrected chi connectivity index (χ4v) is 4.19. The van der Waals surface area contributed by atoms with E-state index in [1.54, 1.807) is 24.3 Å². The Bertz CT molecular complexity index is 968. The third kappa shape index (κ3) is 4.40. The number of thiophene rings is 1. The number of benzene rings is 2. The first-order chi connectivity index (χ1) is 13.0. The van der Waals surface area contributed by atoms with Crippen molar-refractivity contribution in [2.24, 2.45) is 0 Å². The van der Waals surface area contributed by atoms with Crippen LogP contribution in [0.1, 0.15) is 34.6 Å². The zero-order chi connectivity index (χ0) is 19.4. The van der Waals surface area contributed by atoms with Crippen LogP contribution in [0, 0.1) is 0 Å². The summed E-state index contributed by atoms with van der Waals surface area (Å²) in [4.78, 5) is 24.4. The number of hydrogen-bond donors (Lipinski definition) is 2. The normalized spacial score (nSPS) is 11.9. The second-order valence-electron chi connectivity index (χ2n) is 5.87. The van der Waals surface area contributed by atoms with E-state index < -0.39 is 12.0 Å². The molecule has 0 aliphatic rings. The van der Waals surface area contributed by atoms with Crippen LogP contribution in [0.4, 0.5) is 0 Å². The van der Waals surface area contributed by atoms with Crippen molar-refractivity contribution in [1.82, 2.24) is 5.32 Å². The van der Waals surface area contributed by atoms with Crippen molar-refractivity contribution in [3.8, 4) is 5.75 Å². The lowest BCUT2D eigenvalue weighted by Gasteiger charge is -2.17. The highest BCUT2D eigenvalue weighted by Crippen LogP contribution is 2.35. The van der Waals surface area contributed by atoms with E-state index in [-0.39, 0.29) is 12.3 Å². The van der Waals surface area contributed by atoms with E-state index in [9.17, 15) is 14.7 Å². The molecule has 0 fully saturated rings. The lowest BCUT2D eigenvalue weighted by Crippen LogP contribution is -2.29. The van der Waals surface area contributed by atoms with Gasteiger partial charge in [-0.15, -0.1) is 11.3 Å². The maximum absolute atomic E-state index is 12.8. The Morgan fingerprint density at radius 2 is 1.89 bits per heavy atom. The minimum atomic E-state index is -1.00. The van der Waals surface area contributed by atoms with Gasteiger partial charge in [-0.1, -0.05) is 41.9 Å². The summed E-state index contributed by atoms with van der Waals surface area (Å²) in [6.07, 6.45) is -0.234. The van der Waals surface area contributed by atoms with Crippen LogP contribution in [-0.4, -0.2) is 23.6 Å². The fraction of sp³-hybridized carbons (Fsp3) is 0.200. The van der Waals surface area contributed by atoms with E-state index in [1.807, 2.05) is 31.2 Å². The molecule has 0 bridgehead atoms. The summed E-state index contributed by atoms with van der Waals surface area (Å²) in [6, 6.07) is 13.8. The standard InChI is InChI=1S/C20H18ClNO4S/c1-2-26-13-9-7-12(8-10-13)15(11-17(23)24)22-20(25)19-18(21)14-5-3-4-6-16(14)27-19/h3-10,15H,2,11H2,1H3,(H,22,25)(H,23,24)/t15-/m0/s1. The van der Waals surface area contributed by atoms with Crippen LogP contribution in [0.25, 0.3) is 10.1 Å². The lowest BCUT2D eigenvalue weighted by atomic mass is 10.0. The molecule has 27 heavy (non-hydrogen) atoms. The first kappa shape index (κ1) is 19.2. The van der Waals surface area contributed by atoms with Gasteiger partial charge in [0.2, 0.25) is 0 Å². The lowest BCUT2D eigenvalue weighted by molar-refractivity contribution is -0.137. The molecule has 0 saturated carbocycles. The summed E-state index contributed by atoms with van der Waals surface area (Å²) in [5.74, 6) is -0.702. The van der Waals surface area contributed by atoms with Gasteiger partial charge >= 0.3 is 5.97 Å². The number of carbonyl (C=O) groups is 2. The molecule has 2 aromatic carbocycles. The van der Waals surface area contributed by atoms with Crippen molar-refractivity contribution in [1.29, 1.82) is 0 Å². The average molecular weight is 404 g/mol. The Hall–Kier alpha value is -2.57. The number of ether oxygens (including phenoxy) is 1. The van der Waals surface area contributed by atoms with Gasteiger partial charge in [0.1, 0.15) is 10.6 Å². The molecule has 3 rings (SSSR count). The third-order valence-electron chi connectivity index (χ3n) is 4.02. The number of nitrogens with one attached hydrogen (secondary N) is 1. The SMILES string of the molecule is CCOc1ccc([C@H](CC(=O)O)NC(=O)c2sc3ccccc3c2Cl)cc1. The number of halogens is 1. The zero-order valence-corrected chi connectivity index (χ0v) is 16.1. The van der Waals surface area contributed by atoms with E-state index in [4.69, 9.17) is 16.3 Å². The molecule has 1 aromatic heterocycles. The van der Waals surface area contributed by atoms with Crippen molar-refractivity contribution in [2.75, 3.05) is 6.61 Å². The molecule has 1 atom stereocenters. The van der Waals surface area contributed by atoms with Gasteiger partial charge in [-0.05, 0) is 30.7 Å². The predicted molar refractivity (Wildman–Crippen MR) is 107 cm³/mol. The molecule has 1 heterocycles. The molecule has 7 heteroatoms. The molecule has 0 unspecified atom stereocenters. The fourth-order valence-electron chi connectivity index (χ4n) is 2.77. The van der Waals surface area contributed by atoms with Crippen molar-refractivity contribution >= 4 is 44.9 Å². The second kappa shape index (κ2) is 8.41. The smallest absolute Gasteiger partial charge is 0.305 e. The van der Waals surface area contributed by atoms with Gasteiger partial charge in [0, 0.05) is 10.1 Å². The van der Waals surface area contributed by atoms with Crippen LogP contribution in [-0.2, 0) is 4.79 Å². The summed E-state index contributed by atoms with van der Waals surface area (Å²) in [7, 11) is 0. The Balaban J connectivity index is 1.85. The van der Waals surface area contributed by atoms with Gasteiger partial charge in [-0.3, -0.25) is 9.59 Å². The van der Waals surface area contributed by atoms with Crippen molar-refractivity contribution in [3.05, 3.63) is 64.0 Å². The molecule has 0 aliphatic carbocycles. The van der Waals surface area contributed by atoms with E-state index in [0.29, 0.717) is 27.8 Å². The first-order valence-corrected chi connectivity index (χ1v) is 9.61. The monoisotopic (exact) mass is 403 g/mol. The molecule has 1 amide bonds. The first-order valence-electron chi connectivity index (χ1n) is 8.42. The molecule has 2 N–H and O–H groups in total. The Morgan fingerprint density at radius 3 is 2.52 bits per heavy atom. The minimum absolute atomic E-state index is 0.234. The van der Waals surface area contributed by atoms with Crippen LogP contribution in [0.15, 0.2) is 48.5 Å². The molecule has 0 saturated heterocycles. The average Bonchev–Trinajstić information content (AvgIpc) is 2.99. The molecular weight excluding hydrogens is 386 g/mol. The van der Waals surface area contributed by atoms with Gasteiger partial charge in [0.25, 0.3) is 5.91 Å². The molecule has 0 aliphatic heterocycles. The molecular formula is C20H18ClNO4S. The summed E-state index contributed by atoms with van der Waals surface area (Å²) in [5, 5.41) is 13.2. The van der Waals surface area contributed by atoms with Crippen LogP contribution in [0.2, 0.25) is 5.02 Å². The topological polar surface area (TPSA) is 75.6 Å². The zero-order valence-electron chi connectivity index (χ0n) is 14.6. The number of amides is 1. The number of aliphatic carboxylic acids is 1. The summed E-state index contributed by atoms with van der Waals surface area (Å²) in [6.45, 7) is 2.43. The second-order valence-corrected chi connectivity index (χ2v) is 7.30. The number of rotatable bonds is 7. The van der Waals surface area contributed by atoms with Gasteiger partial charge in [-0.25, -0.2) is 0 Å². The van der Waals surface area contributed by atoms with Crippen LogP contribution < -0.4 is 10.1 Å². The van der Waals surface area contributed by atoms with Crippen molar-refractivity contribution < 1.29 is 19.4 Å². The maximum atomic E-state index is 12.8. The van der Waals surface area contributed by atoms with Crippen molar-refractivity contribution in [3.63, 3.8) is 0 Å². The molecule has 0 spiro atoms. The number of carboxylic acids is 1. The summed E-state index contributed by atoms with van der Waals surface area (Å²) < 4.78 is 6.31. The quantitative estimate of drug-likeness (QED) is 0.588. The summed E-state index contributed by atoms with van der Waals surface area (Å²) in [5.41, 5.74) is 0.687. The highest BCUT2D eigenvalue weighted by Gasteiger charge is 2.23. The molecule has 3 aromatic rings. The number of hydrogen-bond acceptors (Lipinski definition) is 4. The molecule has 5 nitrogen and oxygen atoms in total. The van der Waals surface area contributed by atoms with Gasteiger partial charge < -0.3 is 15.2 Å². The predicted octanol–water partition coefficient (Wildman–Crippen LogP) is 4.90. The van der Waals surface area contributed by atoms with Gasteiger partial charge in [0.05, 0.1) is 24.1 Å². The van der Waals surface area contributed by atoms with E-state index >= 15 is 0 Å². The Kier molecular flexibility index (Phi) is 5.98. The minimum Gasteiger partial charge on any atom is -0.494 e. The highest BCUT2D eigenvalue weighted by molar-refractivity contribution is 7.21. The highest BCUT2D eigenvalue weighted by atomic mass is 35.5. The summed E-state index contributed by atoms with van der Waals surface area (Å²) >= 11 is 7.65. The molecule has 140 valence electrons. The van der Waals surface area contributed by atoms with Crippen LogP contribution >= 0.6 is 22.9 Å². The van der Waals surface area contributed by atoms with Crippen LogP contribution in [0.3, 0.4) is 0 Å². The van der Waals surface area contributed by atoms with E-state index in [2.05, 4.69) is 5.32 Å². The largest absolute Gasteiger partial charge is 0.494 e. The van der Waals surface area contributed by atoms with E-state index in [1.165, 1.54) is 11.3 Å². The Labute approximate surface area is 165 Å². The maximum Gasteiger partial charge on any atom is 0.305 e. The number of carboxylic acid groups (broad SMARTS) is 1. The molecule has 0 radical (unpaired) electrons. The third-order valence-corrected chi connectivity index (χ3v) is 5.69. The number of carbonyl (C=O) groups excluding carboxylic acids is 1. The van der Waals surface area contributed by atoms with Crippen LogP contribution in [0.5, 0.6) is 5.75 Å². The van der Waals surface area contributed by atoms with Gasteiger partial charge in [0.15, 0.2) is 0 Å². The number of fused-ring (bicyclic) bond motifs is 1. The van der Waals surface area contributed by atoms with Crippen molar-refractivity contribution in [2.45, 2.75) is 19.4 Å². The Morgan fingerprint density at radius 1 is 1.19 bits per heavy atom. The van der Waals surface area contributed by atoms with E-state index in [0.717, 1.165) is 10.1 Å².